The molecule has 94 valence electrons. The van der Waals surface area contributed by atoms with Crippen LogP contribution in [0.3, 0.4) is 0 Å². The molecule has 1 aromatic heterocycles. The number of pyridine rings is 1. The highest BCUT2D eigenvalue weighted by Crippen LogP contribution is 2.32. The van der Waals surface area contributed by atoms with Crippen LogP contribution in [0.15, 0.2) is 30.6 Å². The molecule has 1 aromatic carbocycles. The highest BCUT2D eigenvalue weighted by Gasteiger charge is 2.13. The monoisotopic (exact) mass is 241 g/mol. The van der Waals surface area contributed by atoms with Gasteiger partial charge in [-0.25, -0.2) is 0 Å². The summed E-state index contributed by atoms with van der Waals surface area (Å²) in [6.07, 6.45) is 8.91. The average Bonchev–Trinajstić information content (AvgIpc) is 2.68. The van der Waals surface area contributed by atoms with E-state index < -0.39 is 0 Å². The van der Waals surface area contributed by atoms with Crippen LogP contribution in [-0.2, 0) is 0 Å². The fourth-order valence-corrected chi connectivity index (χ4v) is 2.77. The van der Waals surface area contributed by atoms with Gasteiger partial charge in [0.05, 0.1) is 11.4 Å². The predicted octanol–water partition coefficient (Wildman–Crippen LogP) is 3.20. The lowest BCUT2D eigenvalue weighted by molar-refractivity contribution is 0.726. The number of nitrogens with zero attached hydrogens (tertiary/aromatic N) is 2. The third kappa shape index (κ3) is 2.01. The topological polar surface area (TPSA) is 42.1 Å². The molecule has 18 heavy (non-hydrogen) atoms. The van der Waals surface area contributed by atoms with Gasteiger partial charge in [-0.3, -0.25) is 4.98 Å². The maximum atomic E-state index is 6.33. The van der Waals surface area contributed by atoms with Crippen molar-refractivity contribution in [3.05, 3.63) is 30.6 Å². The van der Waals surface area contributed by atoms with Gasteiger partial charge in [0.2, 0.25) is 0 Å². The van der Waals surface area contributed by atoms with Gasteiger partial charge in [-0.15, -0.1) is 0 Å². The largest absolute Gasteiger partial charge is 0.397 e. The van der Waals surface area contributed by atoms with Crippen LogP contribution in [0.5, 0.6) is 0 Å². The maximum Gasteiger partial charge on any atom is 0.0632 e. The van der Waals surface area contributed by atoms with Crippen molar-refractivity contribution in [3.8, 4) is 0 Å². The zero-order chi connectivity index (χ0) is 12.4. The lowest BCUT2D eigenvalue weighted by atomic mass is 10.1. The van der Waals surface area contributed by atoms with Gasteiger partial charge in [0.1, 0.15) is 0 Å². The van der Waals surface area contributed by atoms with Crippen LogP contribution in [-0.4, -0.2) is 18.1 Å². The molecule has 0 spiro atoms. The van der Waals surface area contributed by atoms with Gasteiger partial charge < -0.3 is 10.6 Å². The SMILES string of the molecule is Nc1c(N2CCCCCC2)ccc2cnccc12. The van der Waals surface area contributed by atoms with Gasteiger partial charge in [-0.1, -0.05) is 18.9 Å². The minimum Gasteiger partial charge on any atom is -0.397 e. The zero-order valence-electron chi connectivity index (χ0n) is 10.6. The molecule has 0 amide bonds. The Morgan fingerprint density at radius 2 is 1.78 bits per heavy atom. The van der Waals surface area contributed by atoms with Crippen molar-refractivity contribution in [2.24, 2.45) is 0 Å². The van der Waals surface area contributed by atoms with E-state index >= 15 is 0 Å². The summed E-state index contributed by atoms with van der Waals surface area (Å²) < 4.78 is 0. The molecule has 0 radical (unpaired) electrons. The Balaban J connectivity index is 2.03. The first kappa shape index (κ1) is 11.3. The molecule has 2 N–H and O–H groups in total. The van der Waals surface area contributed by atoms with Gasteiger partial charge >= 0.3 is 0 Å². The summed E-state index contributed by atoms with van der Waals surface area (Å²) in [5, 5.41) is 2.24. The standard InChI is InChI=1S/C15H19N3/c16-15-13-7-8-17-11-12(13)5-6-14(15)18-9-3-1-2-4-10-18/h5-8,11H,1-4,9-10,16H2. The first-order valence-electron chi connectivity index (χ1n) is 6.73. The molecule has 0 bridgehead atoms. The Morgan fingerprint density at radius 1 is 1.00 bits per heavy atom. The van der Waals surface area contributed by atoms with Crippen molar-refractivity contribution in [1.29, 1.82) is 0 Å². The fourth-order valence-electron chi connectivity index (χ4n) is 2.77. The Bertz CT molecular complexity index is 542. The van der Waals surface area contributed by atoms with Crippen LogP contribution in [0.25, 0.3) is 10.8 Å². The lowest BCUT2D eigenvalue weighted by Gasteiger charge is -2.24. The van der Waals surface area contributed by atoms with Crippen molar-refractivity contribution >= 4 is 22.1 Å². The second kappa shape index (κ2) is 4.84. The van der Waals surface area contributed by atoms with E-state index in [0.717, 1.165) is 29.5 Å². The molecule has 0 unspecified atom stereocenters. The van der Waals surface area contributed by atoms with Crippen molar-refractivity contribution in [2.45, 2.75) is 25.7 Å². The van der Waals surface area contributed by atoms with Gasteiger partial charge in [-0.2, -0.15) is 0 Å². The molecular formula is C15H19N3. The molecule has 1 aliphatic rings. The van der Waals surface area contributed by atoms with Crippen LogP contribution in [0.2, 0.25) is 0 Å². The summed E-state index contributed by atoms with van der Waals surface area (Å²) in [7, 11) is 0. The number of benzene rings is 1. The minimum atomic E-state index is 0.900. The summed E-state index contributed by atoms with van der Waals surface area (Å²) in [6.45, 7) is 2.25. The molecule has 0 atom stereocenters. The highest BCUT2D eigenvalue weighted by molar-refractivity contribution is 5.98. The number of rotatable bonds is 1. The Hall–Kier alpha value is -1.77. The van der Waals surface area contributed by atoms with E-state index in [1.165, 1.54) is 31.4 Å². The molecule has 3 heteroatoms. The quantitative estimate of drug-likeness (QED) is 0.780. The second-order valence-electron chi connectivity index (χ2n) is 5.00. The molecule has 2 heterocycles. The summed E-state index contributed by atoms with van der Waals surface area (Å²) in [5.41, 5.74) is 8.42. The molecule has 0 aliphatic carbocycles. The summed E-state index contributed by atoms with van der Waals surface area (Å²) in [5.74, 6) is 0. The van der Waals surface area contributed by atoms with Gasteiger partial charge in [-0.05, 0) is 25.0 Å². The van der Waals surface area contributed by atoms with Gasteiger partial charge in [0, 0.05) is 36.3 Å². The third-order valence-corrected chi connectivity index (χ3v) is 3.79. The van der Waals surface area contributed by atoms with Crippen molar-refractivity contribution in [2.75, 3.05) is 23.7 Å². The first-order chi connectivity index (χ1) is 8.86. The number of nitrogen functional groups attached to an aromatic ring is 1. The molecule has 3 rings (SSSR count). The Kier molecular flexibility index (Phi) is 3.05. The van der Waals surface area contributed by atoms with E-state index in [4.69, 9.17) is 5.73 Å². The van der Waals surface area contributed by atoms with E-state index in [0.29, 0.717) is 0 Å². The summed E-state index contributed by atoms with van der Waals surface area (Å²) in [4.78, 5) is 6.57. The Labute approximate surface area is 108 Å². The number of anilines is 2. The summed E-state index contributed by atoms with van der Waals surface area (Å²) >= 11 is 0. The molecular weight excluding hydrogens is 222 g/mol. The van der Waals surface area contributed by atoms with Crippen LogP contribution in [0, 0.1) is 0 Å². The predicted molar refractivity (Wildman–Crippen MR) is 76.8 cm³/mol. The lowest BCUT2D eigenvalue weighted by Crippen LogP contribution is -2.24. The zero-order valence-corrected chi connectivity index (χ0v) is 10.6. The fraction of sp³-hybridized carbons (Fsp3) is 0.400. The summed E-state index contributed by atoms with van der Waals surface area (Å²) in [6, 6.07) is 6.27. The maximum absolute atomic E-state index is 6.33. The van der Waals surface area contributed by atoms with Crippen molar-refractivity contribution in [3.63, 3.8) is 0 Å². The third-order valence-electron chi connectivity index (χ3n) is 3.79. The van der Waals surface area contributed by atoms with Crippen LogP contribution < -0.4 is 10.6 Å². The Morgan fingerprint density at radius 3 is 2.56 bits per heavy atom. The smallest absolute Gasteiger partial charge is 0.0632 e. The van der Waals surface area contributed by atoms with Gasteiger partial charge in [0.15, 0.2) is 0 Å². The van der Waals surface area contributed by atoms with E-state index in [2.05, 4.69) is 22.0 Å². The number of hydrogen-bond acceptors (Lipinski definition) is 3. The molecule has 1 fully saturated rings. The van der Waals surface area contributed by atoms with E-state index in [9.17, 15) is 0 Å². The highest BCUT2D eigenvalue weighted by atomic mass is 15.1. The van der Waals surface area contributed by atoms with Crippen LogP contribution in [0.4, 0.5) is 11.4 Å². The average molecular weight is 241 g/mol. The van der Waals surface area contributed by atoms with Crippen molar-refractivity contribution in [1.82, 2.24) is 4.98 Å². The van der Waals surface area contributed by atoms with Crippen LogP contribution >= 0.6 is 0 Å². The minimum absolute atomic E-state index is 0.900. The number of hydrogen-bond donors (Lipinski definition) is 1. The first-order valence-corrected chi connectivity index (χ1v) is 6.73. The molecule has 1 saturated heterocycles. The number of nitrogens with two attached hydrogens (primary N) is 1. The number of aromatic nitrogens is 1. The van der Waals surface area contributed by atoms with E-state index in [1.807, 2.05) is 18.5 Å². The molecule has 0 saturated carbocycles. The molecule has 1 aliphatic heterocycles. The van der Waals surface area contributed by atoms with Gasteiger partial charge in [0.25, 0.3) is 0 Å². The normalized spacial score (nSPS) is 16.8. The number of fused-ring (bicyclic) bond motifs is 1. The van der Waals surface area contributed by atoms with E-state index in [1.54, 1.807) is 0 Å². The van der Waals surface area contributed by atoms with Crippen molar-refractivity contribution < 1.29 is 0 Å². The molecule has 2 aromatic rings. The van der Waals surface area contributed by atoms with E-state index in [-0.39, 0.29) is 0 Å². The van der Waals surface area contributed by atoms with Crippen LogP contribution in [0.1, 0.15) is 25.7 Å². The second-order valence-corrected chi connectivity index (χ2v) is 5.00. The molecule has 3 nitrogen and oxygen atoms in total.